The number of hydrogen-bond donors (Lipinski definition) is 0. The summed E-state index contributed by atoms with van der Waals surface area (Å²) >= 11 is 1.45. The number of nitrogens with zero attached hydrogens (tertiary/aromatic N) is 3. The molecule has 0 spiro atoms. The second-order valence-corrected chi connectivity index (χ2v) is 4.08. The highest BCUT2D eigenvalue weighted by Crippen LogP contribution is 2.21. The molecule has 88 valence electrons. The van der Waals surface area contributed by atoms with E-state index in [0.717, 1.165) is 10.7 Å². The molecule has 6 heteroatoms. The van der Waals surface area contributed by atoms with Crippen LogP contribution in [-0.2, 0) is 16.0 Å². The Morgan fingerprint density at radius 2 is 2.41 bits per heavy atom. The molecule has 0 fully saturated rings. The minimum atomic E-state index is -0.257. The van der Waals surface area contributed by atoms with Crippen LogP contribution in [0.1, 0.15) is 12.6 Å². The van der Waals surface area contributed by atoms with Crippen molar-refractivity contribution in [1.29, 1.82) is 0 Å². The Bertz CT molecular complexity index is 498. The SMILES string of the molecule is CCOC(=O)Cc1csc(-c2ccncn2)n1. The van der Waals surface area contributed by atoms with Gasteiger partial charge in [0.2, 0.25) is 0 Å². The van der Waals surface area contributed by atoms with Crippen molar-refractivity contribution >= 4 is 17.3 Å². The number of ether oxygens (including phenoxy) is 1. The van der Waals surface area contributed by atoms with Crippen molar-refractivity contribution in [1.82, 2.24) is 15.0 Å². The summed E-state index contributed by atoms with van der Waals surface area (Å²) in [5.41, 5.74) is 1.47. The summed E-state index contributed by atoms with van der Waals surface area (Å²) in [7, 11) is 0. The maximum absolute atomic E-state index is 11.3. The zero-order chi connectivity index (χ0) is 12.1. The predicted molar refractivity (Wildman–Crippen MR) is 63.5 cm³/mol. The lowest BCUT2D eigenvalue weighted by atomic mass is 10.3. The molecule has 0 aliphatic rings. The van der Waals surface area contributed by atoms with Crippen LogP contribution in [0, 0.1) is 0 Å². The maximum Gasteiger partial charge on any atom is 0.311 e. The summed E-state index contributed by atoms with van der Waals surface area (Å²) in [6.07, 6.45) is 3.34. The van der Waals surface area contributed by atoms with Gasteiger partial charge in [-0.15, -0.1) is 11.3 Å². The Labute approximate surface area is 103 Å². The fraction of sp³-hybridized carbons (Fsp3) is 0.273. The maximum atomic E-state index is 11.3. The van der Waals surface area contributed by atoms with E-state index in [1.807, 2.05) is 5.38 Å². The molecule has 0 saturated heterocycles. The predicted octanol–water partition coefficient (Wildman–Crippen LogP) is 1.71. The fourth-order valence-corrected chi connectivity index (χ4v) is 2.08. The van der Waals surface area contributed by atoms with Crippen molar-refractivity contribution in [3.8, 4) is 10.7 Å². The summed E-state index contributed by atoms with van der Waals surface area (Å²) in [5, 5.41) is 2.63. The van der Waals surface area contributed by atoms with Crippen molar-refractivity contribution in [3.63, 3.8) is 0 Å². The molecule has 0 unspecified atom stereocenters. The van der Waals surface area contributed by atoms with Gasteiger partial charge in [0.15, 0.2) is 0 Å². The summed E-state index contributed by atoms with van der Waals surface area (Å²) < 4.78 is 4.86. The zero-order valence-corrected chi connectivity index (χ0v) is 10.1. The molecule has 0 radical (unpaired) electrons. The lowest BCUT2D eigenvalue weighted by Crippen LogP contribution is -2.07. The van der Waals surface area contributed by atoms with Gasteiger partial charge in [0.25, 0.3) is 0 Å². The zero-order valence-electron chi connectivity index (χ0n) is 9.29. The molecule has 5 nitrogen and oxygen atoms in total. The van der Waals surface area contributed by atoms with E-state index in [9.17, 15) is 4.79 Å². The molecule has 2 aromatic rings. The standard InChI is InChI=1S/C11H11N3O2S/c1-2-16-10(15)5-8-6-17-11(14-8)9-3-4-12-7-13-9/h3-4,6-7H,2,5H2,1H3. The summed E-state index contributed by atoms with van der Waals surface area (Å²) in [5.74, 6) is -0.257. The van der Waals surface area contributed by atoms with Gasteiger partial charge in [-0.25, -0.2) is 15.0 Å². The first-order chi connectivity index (χ1) is 8.29. The Hall–Kier alpha value is -1.82. The molecule has 0 aromatic carbocycles. The van der Waals surface area contributed by atoms with Crippen LogP contribution in [0.2, 0.25) is 0 Å². The van der Waals surface area contributed by atoms with E-state index in [4.69, 9.17) is 4.74 Å². The molecule has 17 heavy (non-hydrogen) atoms. The van der Waals surface area contributed by atoms with Gasteiger partial charge in [0, 0.05) is 11.6 Å². The lowest BCUT2D eigenvalue weighted by Gasteiger charge is -1.98. The number of thiazole rings is 1. The molecule has 0 atom stereocenters. The van der Waals surface area contributed by atoms with Gasteiger partial charge in [0.1, 0.15) is 17.0 Å². The van der Waals surface area contributed by atoms with Gasteiger partial charge in [-0.05, 0) is 13.0 Å². The Kier molecular flexibility index (Phi) is 3.77. The van der Waals surface area contributed by atoms with Gasteiger partial charge < -0.3 is 4.74 Å². The van der Waals surface area contributed by atoms with Crippen molar-refractivity contribution in [2.75, 3.05) is 6.61 Å². The van der Waals surface area contributed by atoms with E-state index >= 15 is 0 Å². The lowest BCUT2D eigenvalue weighted by molar-refractivity contribution is -0.142. The molecule has 2 aromatic heterocycles. The number of rotatable bonds is 4. The Morgan fingerprint density at radius 1 is 1.53 bits per heavy atom. The highest BCUT2D eigenvalue weighted by molar-refractivity contribution is 7.13. The van der Waals surface area contributed by atoms with Gasteiger partial charge in [-0.2, -0.15) is 0 Å². The normalized spacial score (nSPS) is 10.2. The highest BCUT2D eigenvalue weighted by atomic mass is 32.1. The van der Waals surface area contributed by atoms with Crippen LogP contribution >= 0.6 is 11.3 Å². The third-order valence-corrected chi connectivity index (χ3v) is 2.90. The third kappa shape index (κ3) is 3.07. The second-order valence-electron chi connectivity index (χ2n) is 3.22. The van der Waals surface area contributed by atoms with Crippen molar-refractivity contribution in [2.24, 2.45) is 0 Å². The van der Waals surface area contributed by atoms with E-state index in [1.165, 1.54) is 17.7 Å². The highest BCUT2D eigenvalue weighted by Gasteiger charge is 2.09. The molecule has 0 aliphatic heterocycles. The Balaban J connectivity index is 2.09. The molecule has 0 bridgehead atoms. The molecule has 0 aliphatic carbocycles. The van der Waals surface area contributed by atoms with E-state index < -0.39 is 0 Å². The van der Waals surface area contributed by atoms with Gasteiger partial charge >= 0.3 is 5.97 Å². The number of esters is 1. The topological polar surface area (TPSA) is 65.0 Å². The summed E-state index contributed by atoms with van der Waals surface area (Å²) in [4.78, 5) is 23.5. The van der Waals surface area contributed by atoms with Gasteiger partial charge in [-0.3, -0.25) is 4.79 Å². The number of carbonyl (C=O) groups excluding carboxylic acids is 1. The molecule has 0 N–H and O–H groups in total. The summed E-state index contributed by atoms with van der Waals surface area (Å²) in [6.45, 7) is 2.17. The molecule has 0 saturated carbocycles. The van der Waals surface area contributed by atoms with Crippen LogP contribution < -0.4 is 0 Å². The van der Waals surface area contributed by atoms with E-state index in [-0.39, 0.29) is 12.4 Å². The first-order valence-corrected chi connectivity index (χ1v) is 6.04. The minimum Gasteiger partial charge on any atom is -0.466 e. The Morgan fingerprint density at radius 3 is 3.12 bits per heavy atom. The van der Waals surface area contributed by atoms with Crippen LogP contribution in [0.25, 0.3) is 10.7 Å². The molecule has 2 rings (SSSR count). The molecule has 0 amide bonds. The molecule has 2 heterocycles. The van der Waals surface area contributed by atoms with Crippen molar-refractivity contribution in [2.45, 2.75) is 13.3 Å². The van der Waals surface area contributed by atoms with E-state index in [0.29, 0.717) is 12.3 Å². The quantitative estimate of drug-likeness (QED) is 0.772. The monoisotopic (exact) mass is 249 g/mol. The minimum absolute atomic E-state index is 0.204. The van der Waals surface area contributed by atoms with Crippen molar-refractivity contribution < 1.29 is 9.53 Å². The van der Waals surface area contributed by atoms with Crippen LogP contribution in [0.4, 0.5) is 0 Å². The summed E-state index contributed by atoms with van der Waals surface area (Å²) in [6, 6.07) is 1.78. The second kappa shape index (κ2) is 5.49. The average Bonchev–Trinajstić information content (AvgIpc) is 2.79. The van der Waals surface area contributed by atoms with Crippen LogP contribution in [0.3, 0.4) is 0 Å². The van der Waals surface area contributed by atoms with E-state index in [2.05, 4.69) is 15.0 Å². The van der Waals surface area contributed by atoms with Crippen LogP contribution in [-0.4, -0.2) is 27.5 Å². The number of hydrogen-bond acceptors (Lipinski definition) is 6. The van der Waals surface area contributed by atoms with Crippen LogP contribution in [0.15, 0.2) is 24.0 Å². The van der Waals surface area contributed by atoms with Crippen molar-refractivity contribution in [3.05, 3.63) is 29.7 Å². The van der Waals surface area contributed by atoms with Crippen LogP contribution in [0.5, 0.6) is 0 Å². The number of aromatic nitrogens is 3. The fourth-order valence-electron chi connectivity index (χ4n) is 1.28. The van der Waals surface area contributed by atoms with Gasteiger partial charge in [-0.1, -0.05) is 0 Å². The largest absolute Gasteiger partial charge is 0.466 e. The smallest absolute Gasteiger partial charge is 0.311 e. The molecular formula is C11H11N3O2S. The average molecular weight is 249 g/mol. The van der Waals surface area contributed by atoms with E-state index in [1.54, 1.807) is 19.2 Å². The van der Waals surface area contributed by atoms with Gasteiger partial charge in [0.05, 0.1) is 18.7 Å². The number of carbonyl (C=O) groups is 1. The third-order valence-electron chi connectivity index (χ3n) is 1.98. The first-order valence-electron chi connectivity index (χ1n) is 5.16. The first kappa shape index (κ1) is 11.7. The molecular weight excluding hydrogens is 238 g/mol.